The third kappa shape index (κ3) is 6.29. The SMILES string of the molecule is CCCNS(=O)(=O)c1ccc(OCC(=O)Nc2ccc(I)cc2)cc1. The van der Waals surface area contributed by atoms with Crippen LogP contribution in [-0.2, 0) is 14.8 Å². The largest absolute Gasteiger partial charge is 0.484 e. The Balaban J connectivity index is 1.88. The van der Waals surface area contributed by atoms with Gasteiger partial charge in [-0.2, -0.15) is 0 Å². The fourth-order valence-corrected chi connectivity index (χ4v) is 3.41. The fourth-order valence-electron chi connectivity index (χ4n) is 1.91. The lowest BCUT2D eigenvalue weighted by atomic mass is 10.3. The van der Waals surface area contributed by atoms with Gasteiger partial charge in [-0.3, -0.25) is 4.79 Å². The number of benzene rings is 2. The number of ether oxygens (including phenoxy) is 1. The fraction of sp³-hybridized carbons (Fsp3) is 0.235. The van der Waals surface area contributed by atoms with Crippen LogP contribution in [0.2, 0.25) is 0 Å². The molecule has 8 heteroatoms. The Morgan fingerprint density at radius 2 is 1.72 bits per heavy atom. The van der Waals surface area contributed by atoms with Crippen molar-refractivity contribution in [1.29, 1.82) is 0 Å². The smallest absolute Gasteiger partial charge is 0.262 e. The molecule has 0 unspecified atom stereocenters. The maximum absolute atomic E-state index is 12.0. The summed E-state index contributed by atoms with van der Waals surface area (Å²) in [5, 5.41) is 2.73. The molecule has 0 bridgehead atoms. The van der Waals surface area contributed by atoms with Crippen LogP contribution in [0.3, 0.4) is 0 Å². The molecule has 2 N–H and O–H groups in total. The molecule has 0 aliphatic rings. The van der Waals surface area contributed by atoms with Crippen LogP contribution in [0.15, 0.2) is 53.4 Å². The van der Waals surface area contributed by atoms with Gasteiger partial charge in [-0.1, -0.05) is 6.92 Å². The summed E-state index contributed by atoms with van der Waals surface area (Å²) >= 11 is 2.19. The number of hydrogen-bond acceptors (Lipinski definition) is 4. The molecule has 0 aliphatic heterocycles. The molecule has 0 radical (unpaired) electrons. The van der Waals surface area contributed by atoms with Gasteiger partial charge in [0, 0.05) is 15.8 Å². The van der Waals surface area contributed by atoms with Gasteiger partial charge < -0.3 is 10.1 Å². The molecule has 25 heavy (non-hydrogen) atoms. The third-order valence-electron chi connectivity index (χ3n) is 3.17. The van der Waals surface area contributed by atoms with Crippen molar-refractivity contribution in [3.8, 4) is 5.75 Å². The number of halogens is 1. The van der Waals surface area contributed by atoms with E-state index >= 15 is 0 Å². The van der Waals surface area contributed by atoms with Crippen molar-refractivity contribution in [2.75, 3.05) is 18.5 Å². The third-order valence-corrected chi connectivity index (χ3v) is 5.37. The van der Waals surface area contributed by atoms with E-state index in [9.17, 15) is 13.2 Å². The van der Waals surface area contributed by atoms with Crippen LogP contribution in [0, 0.1) is 3.57 Å². The molecule has 134 valence electrons. The summed E-state index contributed by atoms with van der Waals surface area (Å²) in [6.07, 6.45) is 0.718. The number of amides is 1. The van der Waals surface area contributed by atoms with E-state index in [1.165, 1.54) is 24.3 Å². The van der Waals surface area contributed by atoms with Gasteiger partial charge in [-0.25, -0.2) is 13.1 Å². The summed E-state index contributed by atoms with van der Waals surface area (Å²) in [4.78, 5) is 12.0. The van der Waals surface area contributed by atoms with Gasteiger partial charge in [-0.05, 0) is 77.5 Å². The van der Waals surface area contributed by atoms with E-state index in [-0.39, 0.29) is 17.4 Å². The van der Waals surface area contributed by atoms with E-state index in [0.717, 1.165) is 9.99 Å². The van der Waals surface area contributed by atoms with Crippen LogP contribution in [0.25, 0.3) is 0 Å². The predicted molar refractivity (Wildman–Crippen MR) is 105 cm³/mol. The van der Waals surface area contributed by atoms with Crippen LogP contribution >= 0.6 is 22.6 Å². The minimum atomic E-state index is -3.50. The van der Waals surface area contributed by atoms with E-state index in [4.69, 9.17) is 4.74 Å². The van der Waals surface area contributed by atoms with Crippen molar-refractivity contribution >= 4 is 44.2 Å². The molecule has 0 atom stereocenters. The molecule has 0 spiro atoms. The number of rotatable bonds is 8. The van der Waals surface area contributed by atoms with Crippen molar-refractivity contribution in [1.82, 2.24) is 4.72 Å². The lowest BCUT2D eigenvalue weighted by Gasteiger charge is -2.09. The summed E-state index contributed by atoms with van der Waals surface area (Å²) in [6, 6.07) is 13.4. The molecular formula is C17H19IN2O4S. The van der Waals surface area contributed by atoms with Crippen LogP contribution < -0.4 is 14.8 Å². The molecule has 0 aliphatic carbocycles. The van der Waals surface area contributed by atoms with E-state index in [2.05, 4.69) is 32.6 Å². The van der Waals surface area contributed by atoms with Crippen molar-refractivity contribution in [3.63, 3.8) is 0 Å². The normalized spacial score (nSPS) is 11.1. The highest BCUT2D eigenvalue weighted by molar-refractivity contribution is 14.1. The first-order valence-corrected chi connectivity index (χ1v) is 10.2. The van der Waals surface area contributed by atoms with E-state index in [1.54, 1.807) is 0 Å². The van der Waals surface area contributed by atoms with Crippen molar-refractivity contribution in [3.05, 3.63) is 52.1 Å². The van der Waals surface area contributed by atoms with Gasteiger partial charge in [0.1, 0.15) is 5.75 Å². The summed E-state index contributed by atoms with van der Waals surface area (Å²) < 4.78 is 32.9. The number of hydrogen-bond donors (Lipinski definition) is 2. The molecule has 1 amide bonds. The van der Waals surface area contributed by atoms with Crippen LogP contribution in [-0.4, -0.2) is 27.5 Å². The summed E-state index contributed by atoms with van der Waals surface area (Å²) in [6.45, 7) is 2.12. The van der Waals surface area contributed by atoms with Gasteiger partial charge >= 0.3 is 0 Å². The Hall–Kier alpha value is -1.65. The van der Waals surface area contributed by atoms with Gasteiger partial charge in [0.2, 0.25) is 10.0 Å². The molecule has 0 saturated carbocycles. The zero-order valence-electron chi connectivity index (χ0n) is 13.7. The Kier molecular flexibility index (Phi) is 7.21. The molecule has 2 aromatic carbocycles. The highest BCUT2D eigenvalue weighted by atomic mass is 127. The van der Waals surface area contributed by atoms with Gasteiger partial charge in [-0.15, -0.1) is 0 Å². The van der Waals surface area contributed by atoms with Crippen molar-refractivity contribution in [2.24, 2.45) is 0 Å². The van der Waals surface area contributed by atoms with E-state index < -0.39 is 10.0 Å². The standard InChI is InChI=1S/C17H19IN2O4S/c1-2-11-19-25(22,23)16-9-7-15(8-10-16)24-12-17(21)20-14-5-3-13(18)4-6-14/h3-10,19H,2,11-12H2,1H3,(H,20,21). The molecule has 2 aromatic rings. The quantitative estimate of drug-likeness (QED) is 0.577. The second-order valence-electron chi connectivity index (χ2n) is 5.21. The maximum Gasteiger partial charge on any atom is 0.262 e. The van der Waals surface area contributed by atoms with Crippen molar-refractivity contribution in [2.45, 2.75) is 18.2 Å². The molecule has 0 aromatic heterocycles. The number of anilines is 1. The van der Waals surface area contributed by atoms with Gasteiger partial charge in [0.05, 0.1) is 4.90 Å². The first kappa shape index (κ1) is 19.7. The highest BCUT2D eigenvalue weighted by Gasteiger charge is 2.13. The molecule has 6 nitrogen and oxygen atoms in total. The summed E-state index contributed by atoms with van der Waals surface area (Å²) in [5.74, 6) is 0.134. The van der Waals surface area contributed by atoms with Crippen LogP contribution in [0.1, 0.15) is 13.3 Å². The van der Waals surface area contributed by atoms with Crippen LogP contribution in [0.4, 0.5) is 5.69 Å². The average Bonchev–Trinajstić information content (AvgIpc) is 2.60. The number of carbonyl (C=O) groups is 1. The highest BCUT2D eigenvalue weighted by Crippen LogP contribution is 2.16. The van der Waals surface area contributed by atoms with Crippen molar-refractivity contribution < 1.29 is 17.9 Å². The topological polar surface area (TPSA) is 84.5 Å². The second-order valence-corrected chi connectivity index (χ2v) is 8.23. The summed E-state index contributed by atoms with van der Waals surface area (Å²) in [7, 11) is -3.50. The van der Waals surface area contributed by atoms with Gasteiger partial charge in [0.15, 0.2) is 6.61 Å². The minimum Gasteiger partial charge on any atom is -0.484 e. The zero-order valence-corrected chi connectivity index (χ0v) is 16.6. The van der Waals surface area contributed by atoms with Crippen LogP contribution in [0.5, 0.6) is 5.75 Å². The molecule has 0 heterocycles. The number of nitrogens with one attached hydrogen (secondary N) is 2. The van der Waals surface area contributed by atoms with Gasteiger partial charge in [0.25, 0.3) is 5.91 Å². The maximum atomic E-state index is 12.0. The molecular weight excluding hydrogens is 455 g/mol. The Morgan fingerprint density at radius 3 is 2.32 bits per heavy atom. The van der Waals surface area contributed by atoms with E-state index in [1.807, 2.05) is 31.2 Å². The predicted octanol–water partition coefficient (Wildman–Crippen LogP) is 3.00. The first-order valence-electron chi connectivity index (χ1n) is 7.68. The monoisotopic (exact) mass is 474 g/mol. The molecule has 0 fully saturated rings. The number of sulfonamides is 1. The first-order chi connectivity index (χ1) is 11.9. The Bertz CT molecular complexity index is 806. The second kappa shape index (κ2) is 9.16. The molecule has 2 rings (SSSR count). The Labute approximate surface area is 161 Å². The lowest BCUT2D eigenvalue weighted by molar-refractivity contribution is -0.118. The molecule has 0 saturated heterocycles. The average molecular weight is 474 g/mol. The lowest BCUT2D eigenvalue weighted by Crippen LogP contribution is -2.24. The van der Waals surface area contributed by atoms with E-state index in [0.29, 0.717) is 18.0 Å². The Morgan fingerprint density at radius 1 is 1.08 bits per heavy atom. The minimum absolute atomic E-state index is 0.161. The zero-order chi connectivity index (χ0) is 18.3. The number of carbonyl (C=O) groups excluding carboxylic acids is 1. The summed E-state index contributed by atoms with van der Waals surface area (Å²) in [5.41, 5.74) is 0.692.